The maximum Gasteiger partial charge on any atom is 0.338 e. The number of aliphatic hydroxyl groups excluding tert-OH is 2. The zero-order chi connectivity index (χ0) is 39.7. The summed E-state index contributed by atoms with van der Waals surface area (Å²) in [5, 5.41) is 39.3. The minimum Gasteiger partial charge on any atom is -0.497 e. The summed E-state index contributed by atoms with van der Waals surface area (Å²) in [5.74, 6) is -4.17. The second-order valence-corrected chi connectivity index (χ2v) is 15.9. The van der Waals surface area contributed by atoms with Crippen molar-refractivity contribution in [2.45, 2.75) is 89.2 Å². The number of fused-ring (bicyclic) bond motifs is 6. The van der Waals surface area contributed by atoms with E-state index in [2.05, 4.69) is 0 Å². The van der Waals surface area contributed by atoms with Crippen LogP contribution in [0.4, 0.5) is 0 Å². The molecule has 1 aliphatic heterocycles. The van der Waals surface area contributed by atoms with Gasteiger partial charge in [-0.05, 0) is 77.7 Å². The van der Waals surface area contributed by atoms with Gasteiger partial charge >= 0.3 is 17.9 Å². The van der Waals surface area contributed by atoms with Crippen LogP contribution >= 0.6 is 0 Å². The maximum absolute atomic E-state index is 14.9. The molecule has 0 amide bonds. The smallest absolute Gasteiger partial charge is 0.338 e. The van der Waals surface area contributed by atoms with E-state index in [1.54, 1.807) is 39.0 Å². The minimum atomic E-state index is -2.21. The Morgan fingerprint density at radius 3 is 2.27 bits per heavy atom. The molecule has 55 heavy (non-hydrogen) atoms. The van der Waals surface area contributed by atoms with Crippen molar-refractivity contribution in [1.29, 1.82) is 0 Å². The van der Waals surface area contributed by atoms with Crippen LogP contribution in [0.2, 0.25) is 0 Å². The summed E-state index contributed by atoms with van der Waals surface area (Å²) in [7, 11) is 1.48. The van der Waals surface area contributed by atoms with Gasteiger partial charge < -0.3 is 39.0 Å². The second kappa shape index (κ2) is 13.7. The van der Waals surface area contributed by atoms with Crippen molar-refractivity contribution >= 4 is 40.5 Å². The van der Waals surface area contributed by atoms with Crippen LogP contribution < -0.4 is 4.74 Å². The highest BCUT2D eigenvalue weighted by Gasteiger charge is 2.78. The summed E-state index contributed by atoms with van der Waals surface area (Å²) < 4.78 is 29.5. The number of ketones is 1. The number of esters is 3. The Morgan fingerprint density at radius 2 is 1.64 bits per heavy atom. The fourth-order valence-electron chi connectivity index (χ4n) is 9.58. The zero-order valence-electron chi connectivity index (χ0n) is 31.6. The van der Waals surface area contributed by atoms with E-state index in [1.165, 1.54) is 39.2 Å². The van der Waals surface area contributed by atoms with Gasteiger partial charge in [0, 0.05) is 31.3 Å². The van der Waals surface area contributed by atoms with Crippen LogP contribution in [-0.2, 0) is 33.3 Å². The molecular weight excluding hydrogens is 708 g/mol. The lowest BCUT2D eigenvalue weighted by Crippen LogP contribution is -2.81. The third kappa shape index (κ3) is 5.97. The highest BCUT2D eigenvalue weighted by molar-refractivity contribution is 5.94. The number of aliphatic hydroxyl groups is 3. The fraction of sp³-hybridized carbons (Fsp3) is 0.442. The first-order valence-corrected chi connectivity index (χ1v) is 18.4. The van der Waals surface area contributed by atoms with Crippen molar-refractivity contribution in [2.24, 2.45) is 16.7 Å². The van der Waals surface area contributed by atoms with Crippen molar-refractivity contribution in [3.05, 3.63) is 95.1 Å². The molecule has 3 aromatic carbocycles. The van der Waals surface area contributed by atoms with Gasteiger partial charge in [-0.1, -0.05) is 50.2 Å². The van der Waals surface area contributed by atoms with Crippen molar-refractivity contribution in [2.75, 3.05) is 13.7 Å². The molecule has 12 heteroatoms. The van der Waals surface area contributed by atoms with Gasteiger partial charge in [0.15, 0.2) is 11.4 Å². The minimum absolute atomic E-state index is 0.0634. The van der Waals surface area contributed by atoms with Crippen LogP contribution in [-0.4, -0.2) is 94.4 Å². The Balaban J connectivity index is 1.35. The van der Waals surface area contributed by atoms with Crippen LogP contribution in [0.3, 0.4) is 0 Å². The molecule has 0 radical (unpaired) electrons. The highest BCUT2D eigenvalue weighted by atomic mass is 16.6. The Kier molecular flexibility index (Phi) is 9.56. The molecule has 2 bridgehead atoms. The van der Waals surface area contributed by atoms with E-state index in [4.69, 9.17) is 23.7 Å². The Morgan fingerprint density at radius 1 is 0.945 bits per heavy atom. The first-order chi connectivity index (χ1) is 26.0. The van der Waals surface area contributed by atoms with Crippen molar-refractivity contribution in [3.8, 4) is 5.75 Å². The number of ether oxygens (including phenoxy) is 5. The standard InChI is InChI=1S/C43H46O12/c1-23-30(53-33(46)18-12-25-11-13-26-9-7-8-10-28(26)19-25)21-43(50)38(54-39(49)27-14-16-29(51-6)17-15-27)36-41(5,37(48)35(47)34(23)40(43,3)4)31(45)20-32-42(36,22-52-32)55-24(2)44/h7-19,30-32,35-36,38,45,47,50H,20-22H2,1-6H3/b18-12+/t30-,31-,32+,35+,36-,38-,41+,42-,43+/m0/s1. The molecule has 2 saturated carbocycles. The lowest BCUT2D eigenvalue weighted by atomic mass is 9.44. The molecule has 3 aromatic rings. The predicted octanol–water partition coefficient (Wildman–Crippen LogP) is 4.51. The fourth-order valence-corrected chi connectivity index (χ4v) is 9.58. The lowest BCUT2D eigenvalue weighted by molar-refractivity contribution is -0.345. The highest BCUT2D eigenvalue weighted by Crippen LogP contribution is 2.64. The van der Waals surface area contributed by atoms with Gasteiger partial charge in [-0.15, -0.1) is 0 Å². The first kappa shape index (κ1) is 38.4. The number of rotatable bonds is 7. The molecule has 1 heterocycles. The molecule has 0 spiro atoms. The van der Waals surface area contributed by atoms with E-state index in [0.717, 1.165) is 16.3 Å². The summed E-state index contributed by atoms with van der Waals surface area (Å²) in [5.41, 5.74) is -6.12. The average molecular weight is 755 g/mol. The van der Waals surface area contributed by atoms with Gasteiger partial charge in [-0.25, -0.2) is 9.59 Å². The van der Waals surface area contributed by atoms with E-state index < -0.39 is 82.2 Å². The topological polar surface area (TPSA) is 175 Å². The molecular formula is C43H46O12. The number of hydrogen-bond donors (Lipinski definition) is 3. The number of Topliss-reactive ketones (excluding diaryl/α,β-unsaturated/α-hetero) is 1. The van der Waals surface area contributed by atoms with Crippen LogP contribution in [0.5, 0.6) is 5.75 Å². The zero-order valence-corrected chi connectivity index (χ0v) is 31.6. The Labute approximate surface area is 318 Å². The molecule has 4 aliphatic rings. The van der Waals surface area contributed by atoms with Crippen LogP contribution in [0.15, 0.2) is 84.0 Å². The largest absolute Gasteiger partial charge is 0.497 e. The van der Waals surface area contributed by atoms with Crippen molar-refractivity contribution in [3.63, 3.8) is 0 Å². The van der Waals surface area contributed by atoms with Gasteiger partial charge in [0.25, 0.3) is 0 Å². The monoisotopic (exact) mass is 754 g/mol. The molecule has 12 nitrogen and oxygen atoms in total. The van der Waals surface area contributed by atoms with Crippen molar-refractivity contribution < 1.29 is 58.2 Å². The normalized spacial score (nSPS) is 33.7. The molecule has 0 unspecified atom stereocenters. The van der Waals surface area contributed by atoms with Gasteiger partial charge in [-0.2, -0.15) is 0 Å². The molecule has 0 aromatic heterocycles. The molecule has 3 fully saturated rings. The van der Waals surface area contributed by atoms with Crippen LogP contribution in [0.25, 0.3) is 16.8 Å². The molecule has 7 rings (SSSR count). The Bertz CT molecular complexity index is 2120. The third-order valence-electron chi connectivity index (χ3n) is 12.7. The third-order valence-corrected chi connectivity index (χ3v) is 12.7. The van der Waals surface area contributed by atoms with E-state index in [9.17, 15) is 34.5 Å². The van der Waals surface area contributed by atoms with E-state index in [-0.39, 0.29) is 30.6 Å². The van der Waals surface area contributed by atoms with Crippen LogP contribution in [0, 0.1) is 16.7 Å². The van der Waals surface area contributed by atoms with Gasteiger partial charge in [0.05, 0.1) is 36.7 Å². The predicted molar refractivity (Wildman–Crippen MR) is 199 cm³/mol. The van der Waals surface area contributed by atoms with Gasteiger partial charge in [0.2, 0.25) is 0 Å². The number of hydrogen-bond acceptors (Lipinski definition) is 12. The molecule has 3 N–H and O–H groups in total. The summed E-state index contributed by atoms with van der Waals surface area (Å²) >= 11 is 0. The Hall–Kier alpha value is -4.88. The van der Waals surface area contributed by atoms with Crippen LogP contribution in [0.1, 0.15) is 63.4 Å². The number of carbonyl (C=O) groups is 4. The first-order valence-electron chi connectivity index (χ1n) is 18.4. The summed E-state index contributed by atoms with van der Waals surface area (Å²) in [6.07, 6.45) is -4.84. The van der Waals surface area contributed by atoms with E-state index in [0.29, 0.717) is 11.3 Å². The number of benzene rings is 3. The van der Waals surface area contributed by atoms with E-state index in [1.807, 2.05) is 42.5 Å². The summed E-state index contributed by atoms with van der Waals surface area (Å²) in [6.45, 7) is 7.23. The average Bonchev–Trinajstić information content (AvgIpc) is 3.15. The summed E-state index contributed by atoms with van der Waals surface area (Å²) in [6, 6.07) is 19.6. The molecule has 290 valence electrons. The maximum atomic E-state index is 14.9. The number of carbonyl (C=O) groups excluding carboxylic acids is 4. The van der Waals surface area contributed by atoms with Gasteiger partial charge in [-0.3, -0.25) is 9.59 Å². The summed E-state index contributed by atoms with van der Waals surface area (Å²) in [4.78, 5) is 55.4. The quantitative estimate of drug-likeness (QED) is 0.134. The van der Waals surface area contributed by atoms with Crippen molar-refractivity contribution in [1.82, 2.24) is 0 Å². The lowest BCUT2D eigenvalue weighted by Gasteiger charge is -2.67. The van der Waals surface area contributed by atoms with Gasteiger partial charge in [0.1, 0.15) is 35.8 Å². The molecule has 9 atom stereocenters. The molecule has 3 aliphatic carbocycles. The van der Waals surface area contributed by atoms with E-state index >= 15 is 0 Å². The molecule has 1 saturated heterocycles. The SMILES string of the molecule is COc1ccc(C(=O)O[C@H]2[C@@H]3[C@]4(OC(C)=O)CO[C@@H]4C[C@H](O)[C@@]3(C)C(=O)[C@H](O)C3=C(C)[C@@H](OC(=O)/C=C/c4ccc5ccccc5c4)C[C@]2(O)C3(C)C)cc1. The number of methoxy groups -OCH3 is 1. The second-order valence-electron chi connectivity index (χ2n) is 15.9.